The van der Waals surface area contributed by atoms with Gasteiger partial charge >= 0.3 is 6.03 Å². The van der Waals surface area contributed by atoms with Crippen LogP contribution in [-0.2, 0) is 0 Å². The Bertz CT molecular complexity index is 239. The van der Waals surface area contributed by atoms with E-state index in [0.29, 0.717) is 6.04 Å². The van der Waals surface area contributed by atoms with Gasteiger partial charge in [0.1, 0.15) is 0 Å². The van der Waals surface area contributed by atoms with Crippen LogP contribution in [0.3, 0.4) is 0 Å². The van der Waals surface area contributed by atoms with Crippen LogP contribution in [-0.4, -0.2) is 41.3 Å². The SMILES string of the molecule is O=C(NC1CCCCC1)N1CCC[C@@H]1CO. The molecule has 0 spiro atoms. The fourth-order valence-electron chi connectivity index (χ4n) is 2.80. The van der Waals surface area contributed by atoms with Crippen LogP contribution >= 0.6 is 0 Å². The van der Waals surface area contributed by atoms with Crippen molar-refractivity contribution < 1.29 is 9.90 Å². The van der Waals surface area contributed by atoms with Gasteiger partial charge in [0, 0.05) is 12.6 Å². The highest BCUT2D eigenvalue weighted by atomic mass is 16.3. The average Bonchev–Trinajstić information content (AvgIpc) is 2.78. The number of carbonyl (C=O) groups is 1. The molecule has 4 heteroatoms. The minimum atomic E-state index is 0.0310. The molecule has 1 atom stereocenters. The van der Waals surface area contributed by atoms with Gasteiger partial charge in [0.05, 0.1) is 12.6 Å². The zero-order valence-corrected chi connectivity index (χ0v) is 9.82. The van der Waals surface area contributed by atoms with E-state index in [1.165, 1.54) is 19.3 Å². The average molecular weight is 226 g/mol. The Morgan fingerprint density at radius 2 is 1.94 bits per heavy atom. The summed E-state index contributed by atoms with van der Waals surface area (Å²) in [5.74, 6) is 0. The fraction of sp³-hybridized carbons (Fsp3) is 0.917. The summed E-state index contributed by atoms with van der Waals surface area (Å²) in [4.78, 5) is 13.8. The number of urea groups is 1. The molecule has 2 rings (SSSR count). The number of nitrogens with zero attached hydrogens (tertiary/aromatic N) is 1. The Labute approximate surface area is 97.0 Å². The first kappa shape index (κ1) is 11.7. The highest BCUT2D eigenvalue weighted by Crippen LogP contribution is 2.20. The van der Waals surface area contributed by atoms with Crippen LogP contribution in [0.1, 0.15) is 44.9 Å². The van der Waals surface area contributed by atoms with Crippen LogP contribution in [0, 0.1) is 0 Å². The molecule has 2 aliphatic rings. The maximum Gasteiger partial charge on any atom is 0.317 e. The fourth-order valence-corrected chi connectivity index (χ4v) is 2.80. The van der Waals surface area contributed by atoms with E-state index in [1.54, 1.807) is 4.90 Å². The Morgan fingerprint density at radius 1 is 1.19 bits per heavy atom. The lowest BCUT2D eigenvalue weighted by Gasteiger charge is -2.28. The maximum absolute atomic E-state index is 12.0. The summed E-state index contributed by atoms with van der Waals surface area (Å²) in [5.41, 5.74) is 0. The van der Waals surface area contributed by atoms with Gasteiger partial charge in [-0.25, -0.2) is 4.79 Å². The van der Waals surface area contributed by atoms with Gasteiger partial charge in [0.25, 0.3) is 0 Å². The second kappa shape index (κ2) is 5.53. The summed E-state index contributed by atoms with van der Waals surface area (Å²) in [6, 6.07) is 0.438. The molecule has 1 saturated carbocycles. The Kier molecular flexibility index (Phi) is 4.04. The van der Waals surface area contributed by atoms with Crippen LogP contribution < -0.4 is 5.32 Å². The minimum Gasteiger partial charge on any atom is -0.394 e. The number of nitrogens with one attached hydrogen (secondary N) is 1. The van der Waals surface area contributed by atoms with Crippen LogP contribution in [0.5, 0.6) is 0 Å². The van der Waals surface area contributed by atoms with E-state index in [4.69, 9.17) is 5.11 Å². The number of rotatable bonds is 2. The second-order valence-corrected chi connectivity index (χ2v) is 4.96. The number of aliphatic hydroxyl groups excluding tert-OH is 1. The first-order valence-electron chi connectivity index (χ1n) is 6.49. The van der Waals surface area contributed by atoms with Crippen molar-refractivity contribution in [1.29, 1.82) is 0 Å². The van der Waals surface area contributed by atoms with Gasteiger partial charge in [-0.2, -0.15) is 0 Å². The number of hydrogen-bond acceptors (Lipinski definition) is 2. The van der Waals surface area contributed by atoms with Crippen LogP contribution in [0.2, 0.25) is 0 Å². The van der Waals surface area contributed by atoms with E-state index in [-0.39, 0.29) is 18.7 Å². The molecule has 1 aliphatic heterocycles. The molecule has 2 fully saturated rings. The summed E-state index contributed by atoms with van der Waals surface area (Å²) in [6.45, 7) is 0.891. The van der Waals surface area contributed by atoms with Gasteiger partial charge in [0.15, 0.2) is 0 Å². The van der Waals surface area contributed by atoms with E-state index in [1.807, 2.05) is 0 Å². The molecule has 2 amide bonds. The Hall–Kier alpha value is -0.770. The molecule has 0 bridgehead atoms. The molecule has 0 radical (unpaired) electrons. The van der Waals surface area contributed by atoms with Crippen LogP contribution in [0.25, 0.3) is 0 Å². The van der Waals surface area contributed by atoms with Crippen molar-refractivity contribution in [3.63, 3.8) is 0 Å². The van der Waals surface area contributed by atoms with Crippen molar-refractivity contribution in [1.82, 2.24) is 10.2 Å². The van der Waals surface area contributed by atoms with E-state index in [9.17, 15) is 4.79 Å². The second-order valence-electron chi connectivity index (χ2n) is 4.96. The molecule has 1 aliphatic carbocycles. The third kappa shape index (κ3) is 2.67. The summed E-state index contributed by atoms with van der Waals surface area (Å²) in [7, 11) is 0. The van der Waals surface area contributed by atoms with E-state index >= 15 is 0 Å². The van der Waals surface area contributed by atoms with Crippen molar-refractivity contribution in [3.8, 4) is 0 Å². The smallest absolute Gasteiger partial charge is 0.317 e. The number of likely N-dealkylation sites (tertiary alicyclic amines) is 1. The van der Waals surface area contributed by atoms with E-state index in [0.717, 1.165) is 32.2 Å². The zero-order valence-electron chi connectivity index (χ0n) is 9.82. The van der Waals surface area contributed by atoms with E-state index < -0.39 is 0 Å². The topological polar surface area (TPSA) is 52.6 Å². The third-order valence-corrected chi connectivity index (χ3v) is 3.78. The molecule has 92 valence electrons. The van der Waals surface area contributed by atoms with Gasteiger partial charge in [-0.05, 0) is 25.7 Å². The highest BCUT2D eigenvalue weighted by Gasteiger charge is 2.29. The first-order chi connectivity index (χ1) is 7.81. The molecule has 0 aromatic heterocycles. The molecule has 0 unspecified atom stereocenters. The lowest BCUT2D eigenvalue weighted by molar-refractivity contribution is 0.152. The number of aliphatic hydroxyl groups is 1. The van der Waals surface area contributed by atoms with Gasteiger partial charge in [-0.15, -0.1) is 0 Å². The molecule has 1 saturated heterocycles. The van der Waals surface area contributed by atoms with Gasteiger partial charge in [-0.1, -0.05) is 19.3 Å². The van der Waals surface area contributed by atoms with Crippen LogP contribution in [0.15, 0.2) is 0 Å². The molecular formula is C12H22N2O2. The minimum absolute atomic E-state index is 0.0310. The molecule has 2 N–H and O–H groups in total. The van der Waals surface area contributed by atoms with Crippen molar-refractivity contribution in [3.05, 3.63) is 0 Å². The predicted molar refractivity (Wildman–Crippen MR) is 62.2 cm³/mol. The van der Waals surface area contributed by atoms with E-state index in [2.05, 4.69) is 5.32 Å². The van der Waals surface area contributed by atoms with Crippen molar-refractivity contribution >= 4 is 6.03 Å². The molecule has 16 heavy (non-hydrogen) atoms. The Morgan fingerprint density at radius 3 is 2.62 bits per heavy atom. The molecular weight excluding hydrogens is 204 g/mol. The normalized spacial score (nSPS) is 27.1. The highest BCUT2D eigenvalue weighted by molar-refractivity contribution is 5.75. The summed E-state index contributed by atoms with van der Waals surface area (Å²) in [6.07, 6.45) is 7.95. The summed E-state index contributed by atoms with van der Waals surface area (Å²) in [5, 5.41) is 12.3. The van der Waals surface area contributed by atoms with Gasteiger partial charge in [0.2, 0.25) is 0 Å². The molecule has 1 heterocycles. The lowest BCUT2D eigenvalue weighted by atomic mass is 9.96. The first-order valence-corrected chi connectivity index (χ1v) is 6.49. The van der Waals surface area contributed by atoms with Gasteiger partial charge in [-0.3, -0.25) is 0 Å². The molecule has 0 aromatic carbocycles. The van der Waals surface area contributed by atoms with Crippen LogP contribution in [0.4, 0.5) is 4.79 Å². The monoisotopic (exact) mass is 226 g/mol. The quantitative estimate of drug-likeness (QED) is 0.749. The van der Waals surface area contributed by atoms with Crippen molar-refractivity contribution in [2.75, 3.05) is 13.2 Å². The predicted octanol–water partition coefficient (Wildman–Crippen LogP) is 1.49. The van der Waals surface area contributed by atoms with Crippen molar-refractivity contribution in [2.24, 2.45) is 0 Å². The number of carbonyl (C=O) groups excluding carboxylic acids is 1. The molecule has 0 aromatic rings. The standard InChI is InChI=1S/C12H22N2O2/c15-9-11-7-4-8-14(11)12(16)13-10-5-2-1-3-6-10/h10-11,15H,1-9H2,(H,13,16)/t11-/m1/s1. The van der Waals surface area contributed by atoms with Crippen molar-refractivity contribution in [2.45, 2.75) is 57.0 Å². The zero-order chi connectivity index (χ0) is 11.4. The number of hydrogen-bond donors (Lipinski definition) is 2. The third-order valence-electron chi connectivity index (χ3n) is 3.78. The summed E-state index contributed by atoms with van der Waals surface area (Å²) < 4.78 is 0. The summed E-state index contributed by atoms with van der Waals surface area (Å²) >= 11 is 0. The maximum atomic E-state index is 12.0. The number of amides is 2. The van der Waals surface area contributed by atoms with Gasteiger partial charge < -0.3 is 15.3 Å². The lowest BCUT2D eigenvalue weighted by Crippen LogP contribution is -2.48. The largest absolute Gasteiger partial charge is 0.394 e. The molecule has 4 nitrogen and oxygen atoms in total. The Balaban J connectivity index is 1.82.